The molecule has 1 aliphatic carbocycles. The zero-order chi connectivity index (χ0) is 41.4. The first kappa shape index (κ1) is 35.4. The fourth-order valence-corrected chi connectivity index (χ4v) is 9.64. The van der Waals surface area contributed by atoms with E-state index in [0.717, 1.165) is 111 Å². The minimum atomic E-state index is -0.151. The zero-order valence-electron chi connectivity index (χ0n) is 33.8. The van der Waals surface area contributed by atoms with Gasteiger partial charge in [-0.1, -0.05) is 164 Å². The summed E-state index contributed by atoms with van der Waals surface area (Å²) in [5.74, 6) is 2.50. The van der Waals surface area contributed by atoms with Gasteiger partial charge in [0.1, 0.15) is 33.7 Å². The van der Waals surface area contributed by atoms with Crippen LogP contribution >= 0.6 is 0 Å². The molecular formula is C57H35N3O3. The Kier molecular flexibility index (Phi) is 7.93. The first-order valence-corrected chi connectivity index (χ1v) is 21.3. The summed E-state index contributed by atoms with van der Waals surface area (Å²) >= 11 is 0. The summed E-state index contributed by atoms with van der Waals surface area (Å²) < 4.78 is 20.2. The van der Waals surface area contributed by atoms with Crippen LogP contribution in [0.5, 0.6) is 0 Å². The van der Waals surface area contributed by atoms with Crippen LogP contribution in [0, 0.1) is 0 Å². The van der Waals surface area contributed by atoms with E-state index in [-0.39, 0.29) is 5.92 Å². The summed E-state index contributed by atoms with van der Waals surface area (Å²) in [5, 5.41) is 5.32. The van der Waals surface area contributed by atoms with Gasteiger partial charge in [-0.05, 0) is 59.0 Å². The minimum absolute atomic E-state index is 0.151. The van der Waals surface area contributed by atoms with Gasteiger partial charge in [-0.3, -0.25) is 0 Å². The molecule has 13 rings (SSSR count). The van der Waals surface area contributed by atoms with Gasteiger partial charge in [0.15, 0.2) is 17.5 Å². The lowest BCUT2D eigenvalue weighted by molar-refractivity contribution is 0.520. The van der Waals surface area contributed by atoms with E-state index in [1.54, 1.807) is 0 Å². The SMILES string of the molecule is C1=C(c2cccc3c2oc2ccccc23)CC(c2cccc3oc4ccccc4c23)c2oc3cccc(-c4nc(-c5ccccc5)nc(-c5ccc(-c6ccccc6)cc5)n4)c3c21. The van der Waals surface area contributed by atoms with Gasteiger partial charge in [-0.15, -0.1) is 0 Å². The van der Waals surface area contributed by atoms with E-state index in [9.17, 15) is 0 Å². The average molecular weight is 810 g/mol. The van der Waals surface area contributed by atoms with E-state index in [0.29, 0.717) is 23.9 Å². The van der Waals surface area contributed by atoms with Gasteiger partial charge in [0.05, 0.1) is 0 Å². The van der Waals surface area contributed by atoms with Crippen molar-refractivity contribution in [3.8, 4) is 45.3 Å². The summed E-state index contributed by atoms with van der Waals surface area (Å²) in [6.07, 6.45) is 2.99. The number of hydrogen-bond donors (Lipinski definition) is 0. The van der Waals surface area contributed by atoms with E-state index < -0.39 is 0 Å². The summed E-state index contributed by atoms with van der Waals surface area (Å²) in [4.78, 5) is 15.6. The fraction of sp³-hybridized carbons (Fsp3) is 0.0351. The first-order chi connectivity index (χ1) is 31.2. The van der Waals surface area contributed by atoms with Crippen molar-refractivity contribution in [2.75, 3.05) is 0 Å². The highest BCUT2D eigenvalue weighted by Gasteiger charge is 2.33. The molecule has 1 unspecified atom stereocenters. The Morgan fingerprint density at radius 2 is 0.921 bits per heavy atom. The maximum absolute atomic E-state index is 7.09. The second-order valence-corrected chi connectivity index (χ2v) is 16.2. The Hall–Kier alpha value is -8.35. The zero-order valence-corrected chi connectivity index (χ0v) is 33.8. The number of hydrogen-bond acceptors (Lipinski definition) is 6. The normalized spacial score (nSPS) is 13.9. The van der Waals surface area contributed by atoms with Crippen molar-refractivity contribution in [1.82, 2.24) is 15.0 Å². The van der Waals surface area contributed by atoms with Gasteiger partial charge in [-0.2, -0.15) is 0 Å². The van der Waals surface area contributed by atoms with Crippen molar-refractivity contribution < 1.29 is 13.3 Å². The van der Waals surface area contributed by atoms with Crippen molar-refractivity contribution in [2.45, 2.75) is 12.3 Å². The van der Waals surface area contributed by atoms with Crippen LogP contribution in [0.3, 0.4) is 0 Å². The highest BCUT2D eigenvalue weighted by Crippen LogP contribution is 2.51. The van der Waals surface area contributed by atoms with E-state index in [1.807, 2.05) is 66.7 Å². The third-order valence-electron chi connectivity index (χ3n) is 12.6. The number of fused-ring (bicyclic) bond motifs is 9. The van der Waals surface area contributed by atoms with E-state index in [1.165, 1.54) is 0 Å². The molecule has 0 fully saturated rings. The van der Waals surface area contributed by atoms with Crippen LogP contribution in [0.2, 0.25) is 0 Å². The van der Waals surface area contributed by atoms with Gasteiger partial charge in [0.2, 0.25) is 0 Å². The summed E-state index contributed by atoms with van der Waals surface area (Å²) in [5.41, 5.74) is 13.5. The number of aromatic nitrogens is 3. The molecule has 1 aliphatic rings. The summed E-state index contributed by atoms with van der Waals surface area (Å²) in [6.45, 7) is 0. The van der Waals surface area contributed by atoms with Gasteiger partial charge in [-0.25, -0.2) is 15.0 Å². The lowest BCUT2D eigenvalue weighted by Crippen LogP contribution is -2.08. The maximum atomic E-state index is 7.09. The van der Waals surface area contributed by atoms with Crippen molar-refractivity contribution in [2.24, 2.45) is 0 Å². The van der Waals surface area contributed by atoms with Crippen LogP contribution in [-0.4, -0.2) is 15.0 Å². The smallest absolute Gasteiger partial charge is 0.164 e. The molecule has 0 spiro atoms. The highest BCUT2D eigenvalue weighted by molar-refractivity contribution is 6.12. The molecule has 0 amide bonds. The molecule has 63 heavy (non-hydrogen) atoms. The molecular weight excluding hydrogens is 775 g/mol. The number of allylic oxidation sites excluding steroid dienone is 1. The van der Waals surface area contributed by atoms with Crippen molar-refractivity contribution in [1.29, 1.82) is 0 Å². The van der Waals surface area contributed by atoms with Crippen molar-refractivity contribution in [3.63, 3.8) is 0 Å². The third kappa shape index (κ3) is 5.76. The van der Waals surface area contributed by atoms with Crippen LogP contribution in [0.15, 0.2) is 201 Å². The predicted molar refractivity (Wildman–Crippen MR) is 253 cm³/mol. The molecule has 4 heterocycles. The molecule has 0 saturated heterocycles. The van der Waals surface area contributed by atoms with Crippen LogP contribution in [-0.2, 0) is 0 Å². The molecule has 12 aromatic rings. The topological polar surface area (TPSA) is 78.1 Å². The molecule has 4 aromatic heterocycles. The monoisotopic (exact) mass is 809 g/mol. The quantitative estimate of drug-likeness (QED) is 0.166. The number of benzene rings is 8. The molecule has 8 aromatic carbocycles. The van der Waals surface area contributed by atoms with Gasteiger partial charge in [0.25, 0.3) is 0 Å². The Bertz CT molecular complexity index is 3770. The standard InChI is InChI=1S/C57H35N3O3/c1-3-14-34(15-4-1)35-28-30-37(31-29-35)56-58-55(36-16-5-2-6-17-36)59-57(60-56)44-23-13-27-50-52(44)46-33-38(39-20-11-22-42-40-18-7-9-24-47(40)62-53(39)42)32-45(54(46)63-50)41-21-12-26-49-51(41)43-19-8-10-25-48(43)61-49/h1-31,33,45H,32H2. The van der Waals surface area contributed by atoms with E-state index in [2.05, 4.69) is 127 Å². The van der Waals surface area contributed by atoms with Crippen LogP contribution in [0.25, 0.3) is 112 Å². The van der Waals surface area contributed by atoms with Gasteiger partial charge < -0.3 is 13.3 Å². The Morgan fingerprint density at radius 1 is 0.381 bits per heavy atom. The number of furan rings is 3. The fourth-order valence-electron chi connectivity index (χ4n) is 9.64. The molecule has 0 aliphatic heterocycles. The molecule has 0 saturated carbocycles. The van der Waals surface area contributed by atoms with Crippen LogP contribution in [0.1, 0.15) is 34.8 Å². The Labute approximate surface area is 361 Å². The Balaban J connectivity index is 1.05. The maximum Gasteiger partial charge on any atom is 0.164 e. The minimum Gasteiger partial charge on any atom is -0.460 e. The molecule has 6 nitrogen and oxygen atoms in total. The van der Waals surface area contributed by atoms with E-state index >= 15 is 0 Å². The van der Waals surface area contributed by atoms with Gasteiger partial charge >= 0.3 is 0 Å². The first-order valence-electron chi connectivity index (χ1n) is 21.3. The molecule has 1 atom stereocenters. The highest BCUT2D eigenvalue weighted by atomic mass is 16.3. The Morgan fingerprint density at radius 3 is 1.70 bits per heavy atom. The largest absolute Gasteiger partial charge is 0.460 e. The molecule has 0 radical (unpaired) electrons. The molecule has 296 valence electrons. The van der Waals surface area contributed by atoms with E-state index in [4.69, 9.17) is 28.2 Å². The lowest BCUT2D eigenvalue weighted by atomic mass is 9.79. The number of para-hydroxylation sites is 3. The van der Waals surface area contributed by atoms with Crippen molar-refractivity contribution >= 4 is 66.5 Å². The number of rotatable bonds is 6. The third-order valence-corrected chi connectivity index (χ3v) is 12.6. The lowest BCUT2D eigenvalue weighted by Gasteiger charge is -2.24. The van der Waals surface area contributed by atoms with Crippen molar-refractivity contribution in [3.05, 3.63) is 211 Å². The van der Waals surface area contributed by atoms with Crippen LogP contribution in [0.4, 0.5) is 0 Å². The number of nitrogens with zero attached hydrogens (tertiary/aromatic N) is 3. The summed E-state index contributed by atoms with van der Waals surface area (Å²) in [7, 11) is 0. The second-order valence-electron chi connectivity index (χ2n) is 16.2. The average Bonchev–Trinajstić information content (AvgIpc) is 4.06. The predicted octanol–water partition coefficient (Wildman–Crippen LogP) is 15.2. The summed E-state index contributed by atoms with van der Waals surface area (Å²) in [6, 6.07) is 64.5. The van der Waals surface area contributed by atoms with Crippen LogP contribution < -0.4 is 0 Å². The van der Waals surface area contributed by atoms with Gasteiger partial charge in [0, 0.05) is 60.7 Å². The molecule has 6 heteroatoms. The molecule has 0 bridgehead atoms. The second kappa shape index (κ2) is 14.1. The molecule has 0 N–H and O–H groups in total.